The average Bonchev–Trinajstić information content (AvgIpc) is 2.74. The minimum Gasteiger partial charge on any atom is -0.380 e. The number of thiophene rings is 1. The molecule has 0 unspecified atom stereocenters. The molecule has 1 amide bonds. The molecule has 0 atom stereocenters. The molecule has 0 saturated carbocycles. The number of nitrogens with two attached hydrogens (primary N) is 1. The van der Waals surface area contributed by atoms with Crippen molar-refractivity contribution in [1.82, 2.24) is 0 Å². The van der Waals surface area contributed by atoms with Crippen molar-refractivity contribution in [3.05, 3.63) is 49.6 Å². The number of carbonyl (C=O) groups is 1. The van der Waals surface area contributed by atoms with Crippen LogP contribution in [0.15, 0.2) is 34.1 Å². The van der Waals surface area contributed by atoms with E-state index in [4.69, 9.17) is 17.3 Å². The maximum atomic E-state index is 11.2. The lowest BCUT2D eigenvalue weighted by Crippen LogP contribution is -2.12. The van der Waals surface area contributed by atoms with Crippen LogP contribution in [0.5, 0.6) is 0 Å². The molecule has 1 heterocycles. The van der Waals surface area contributed by atoms with E-state index in [0.29, 0.717) is 17.1 Å². The van der Waals surface area contributed by atoms with Gasteiger partial charge in [-0.1, -0.05) is 11.6 Å². The Kier molecular flexibility index (Phi) is 4.27. The van der Waals surface area contributed by atoms with E-state index in [0.717, 1.165) is 9.47 Å². The van der Waals surface area contributed by atoms with E-state index in [1.54, 1.807) is 23.5 Å². The molecule has 0 fully saturated rings. The van der Waals surface area contributed by atoms with Gasteiger partial charge in [-0.2, -0.15) is 0 Å². The summed E-state index contributed by atoms with van der Waals surface area (Å²) in [6.45, 7) is 0.691. The first kappa shape index (κ1) is 13.4. The van der Waals surface area contributed by atoms with E-state index in [1.165, 1.54) is 4.88 Å². The zero-order valence-electron chi connectivity index (χ0n) is 9.24. The van der Waals surface area contributed by atoms with E-state index in [1.807, 2.05) is 18.2 Å². The molecule has 1 aromatic heterocycles. The Morgan fingerprint density at radius 3 is 2.78 bits per heavy atom. The highest BCUT2D eigenvalue weighted by Gasteiger charge is 2.07. The molecule has 0 bridgehead atoms. The van der Waals surface area contributed by atoms with Crippen LogP contribution in [0, 0.1) is 0 Å². The summed E-state index contributed by atoms with van der Waals surface area (Å²) in [5, 5.41) is 3.59. The molecule has 0 spiro atoms. The number of amides is 1. The Labute approximate surface area is 122 Å². The van der Waals surface area contributed by atoms with Crippen molar-refractivity contribution in [1.29, 1.82) is 0 Å². The summed E-state index contributed by atoms with van der Waals surface area (Å²) in [5.41, 5.74) is 6.38. The van der Waals surface area contributed by atoms with Crippen LogP contribution in [0.2, 0.25) is 5.02 Å². The van der Waals surface area contributed by atoms with Crippen molar-refractivity contribution < 1.29 is 4.79 Å². The SMILES string of the molecule is NC(=O)c1cc(NCc2ccc(Br)s2)ccc1Cl. The molecule has 1 aromatic carbocycles. The minimum atomic E-state index is -0.525. The highest BCUT2D eigenvalue weighted by atomic mass is 79.9. The number of hydrogen-bond donors (Lipinski definition) is 2. The van der Waals surface area contributed by atoms with E-state index < -0.39 is 5.91 Å². The van der Waals surface area contributed by atoms with Gasteiger partial charge >= 0.3 is 0 Å². The Hall–Kier alpha value is -1.04. The maximum Gasteiger partial charge on any atom is 0.250 e. The first-order valence-corrected chi connectivity index (χ1v) is 7.12. The number of benzene rings is 1. The second-order valence-corrected chi connectivity index (χ2v) is 6.57. The number of halogens is 2. The first-order valence-electron chi connectivity index (χ1n) is 5.13. The van der Waals surface area contributed by atoms with Crippen LogP contribution in [-0.4, -0.2) is 5.91 Å². The average molecular weight is 346 g/mol. The highest BCUT2D eigenvalue weighted by molar-refractivity contribution is 9.11. The van der Waals surface area contributed by atoms with Gasteiger partial charge in [0.1, 0.15) is 0 Å². The monoisotopic (exact) mass is 344 g/mol. The number of rotatable bonds is 4. The van der Waals surface area contributed by atoms with Crippen LogP contribution in [0.3, 0.4) is 0 Å². The van der Waals surface area contributed by atoms with Gasteiger partial charge in [-0.05, 0) is 46.3 Å². The number of anilines is 1. The summed E-state index contributed by atoms with van der Waals surface area (Å²) in [4.78, 5) is 12.3. The molecule has 94 valence electrons. The van der Waals surface area contributed by atoms with E-state index in [-0.39, 0.29) is 0 Å². The van der Waals surface area contributed by atoms with Crippen LogP contribution in [0.4, 0.5) is 5.69 Å². The van der Waals surface area contributed by atoms with Gasteiger partial charge in [0.25, 0.3) is 0 Å². The van der Waals surface area contributed by atoms with Crippen LogP contribution in [0.1, 0.15) is 15.2 Å². The molecule has 2 rings (SSSR count). The van der Waals surface area contributed by atoms with Gasteiger partial charge in [0, 0.05) is 17.1 Å². The summed E-state index contributed by atoms with van der Waals surface area (Å²) in [6.07, 6.45) is 0. The molecule has 3 N–H and O–H groups in total. The molecular weight excluding hydrogens is 336 g/mol. The fourth-order valence-corrected chi connectivity index (χ4v) is 3.09. The van der Waals surface area contributed by atoms with E-state index in [9.17, 15) is 4.79 Å². The molecular formula is C12H10BrClN2OS. The van der Waals surface area contributed by atoms with Gasteiger partial charge in [-0.15, -0.1) is 11.3 Å². The van der Waals surface area contributed by atoms with Crippen molar-refractivity contribution in [2.24, 2.45) is 5.73 Å². The largest absolute Gasteiger partial charge is 0.380 e. The van der Waals surface area contributed by atoms with Crippen LogP contribution >= 0.6 is 38.9 Å². The van der Waals surface area contributed by atoms with E-state index >= 15 is 0 Å². The Bertz CT molecular complexity index is 585. The van der Waals surface area contributed by atoms with E-state index in [2.05, 4.69) is 21.2 Å². The summed E-state index contributed by atoms with van der Waals surface area (Å²) in [5.74, 6) is -0.525. The van der Waals surface area contributed by atoms with Crippen molar-refractivity contribution in [2.45, 2.75) is 6.54 Å². The first-order chi connectivity index (χ1) is 8.56. The van der Waals surface area contributed by atoms with Gasteiger partial charge in [0.2, 0.25) is 5.91 Å². The second-order valence-electron chi connectivity index (χ2n) is 3.62. The van der Waals surface area contributed by atoms with Gasteiger partial charge in [-0.25, -0.2) is 0 Å². The van der Waals surface area contributed by atoms with Crippen molar-refractivity contribution in [2.75, 3.05) is 5.32 Å². The molecule has 3 nitrogen and oxygen atoms in total. The molecule has 2 aromatic rings. The van der Waals surface area contributed by atoms with Gasteiger partial charge in [-0.3, -0.25) is 4.79 Å². The molecule has 0 saturated heterocycles. The summed E-state index contributed by atoms with van der Waals surface area (Å²) in [7, 11) is 0. The fourth-order valence-electron chi connectivity index (χ4n) is 1.46. The second kappa shape index (κ2) is 5.73. The topological polar surface area (TPSA) is 55.1 Å². The normalized spacial score (nSPS) is 10.3. The number of primary amides is 1. The standard InChI is InChI=1S/C12H10BrClN2OS/c13-11-4-2-8(18-11)6-16-7-1-3-10(14)9(5-7)12(15)17/h1-5,16H,6H2,(H2,15,17). The van der Waals surface area contributed by atoms with Crippen molar-refractivity contribution >= 4 is 50.5 Å². The molecule has 0 aliphatic rings. The third-order valence-corrected chi connectivity index (χ3v) is 4.28. The smallest absolute Gasteiger partial charge is 0.250 e. The molecule has 0 radical (unpaired) electrons. The summed E-state index contributed by atoms with van der Waals surface area (Å²) < 4.78 is 1.09. The maximum absolute atomic E-state index is 11.2. The van der Waals surface area contributed by atoms with Crippen molar-refractivity contribution in [3.8, 4) is 0 Å². The number of hydrogen-bond acceptors (Lipinski definition) is 3. The Balaban J connectivity index is 2.10. The number of nitrogens with one attached hydrogen (secondary N) is 1. The van der Waals surface area contributed by atoms with Crippen LogP contribution in [0.25, 0.3) is 0 Å². The zero-order chi connectivity index (χ0) is 13.1. The predicted molar refractivity (Wildman–Crippen MR) is 79.3 cm³/mol. The Morgan fingerprint density at radius 1 is 1.39 bits per heavy atom. The number of carbonyl (C=O) groups excluding carboxylic acids is 1. The summed E-state index contributed by atoms with van der Waals surface area (Å²) in [6, 6.07) is 9.17. The lowest BCUT2D eigenvalue weighted by molar-refractivity contribution is 0.100. The third kappa shape index (κ3) is 3.25. The van der Waals surface area contributed by atoms with Crippen LogP contribution in [-0.2, 0) is 6.54 Å². The quantitative estimate of drug-likeness (QED) is 0.883. The lowest BCUT2D eigenvalue weighted by Gasteiger charge is -2.07. The van der Waals surface area contributed by atoms with Crippen LogP contribution < -0.4 is 11.1 Å². The third-order valence-electron chi connectivity index (χ3n) is 2.33. The lowest BCUT2D eigenvalue weighted by atomic mass is 10.2. The van der Waals surface area contributed by atoms with Gasteiger partial charge < -0.3 is 11.1 Å². The summed E-state index contributed by atoms with van der Waals surface area (Å²) >= 11 is 10.9. The van der Waals surface area contributed by atoms with Gasteiger partial charge in [0.05, 0.1) is 14.4 Å². The zero-order valence-corrected chi connectivity index (χ0v) is 12.4. The minimum absolute atomic E-state index is 0.328. The Morgan fingerprint density at radius 2 is 2.17 bits per heavy atom. The highest BCUT2D eigenvalue weighted by Crippen LogP contribution is 2.24. The molecule has 0 aliphatic carbocycles. The fraction of sp³-hybridized carbons (Fsp3) is 0.0833. The molecule has 18 heavy (non-hydrogen) atoms. The van der Waals surface area contributed by atoms with Gasteiger partial charge in [0.15, 0.2) is 0 Å². The molecule has 0 aliphatic heterocycles. The van der Waals surface area contributed by atoms with Crippen molar-refractivity contribution in [3.63, 3.8) is 0 Å². The molecule has 6 heteroatoms. The predicted octanol–water partition coefficient (Wildman–Crippen LogP) is 3.88.